The summed E-state index contributed by atoms with van der Waals surface area (Å²) in [4.78, 5) is 8.95. The van der Waals surface area contributed by atoms with Crippen LogP contribution in [-0.4, -0.2) is 9.97 Å². The molecule has 3 nitrogen and oxygen atoms in total. The van der Waals surface area contributed by atoms with Gasteiger partial charge in [0.1, 0.15) is 5.82 Å². The summed E-state index contributed by atoms with van der Waals surface area (Å²) in [5, 5.41) is 0. The summed E-state index contributed by atoms with van der Waals surface area (Å²) in [5.74, 6) is 0.884. The van der Waals surface area contributed by atoms with E-state index in [1.54, 1.807) is 0 Å². The van der Waals surface area contributed by atoms with E-state index in [2.05, 4.69) is 16.9 Å². The summed E-state index contributed by atoms with van der Waals surface area (Å²) in [6.07, 6.45) is 4.26. The predicted molar refractivity (Wildman–Crippen MR) is 56.0 cm³/mol. The Balaban J connectivity index is 2.55. The Labute approximate surface area is 84.8 Å². The highest BCUT2D eigenvalue weighted by Crippen LogP contribution is 2.28. The van der Waals surface area contributed by atoms with E-state index in [0.717, 1.165) is 37.2 Å². The van der Waals surface area contributed by atoms with E-state index in [4.69, 9.17) is 5.73 Å². The fraction of sp³-hybridized carbons (Fsp3) is 0.636. The minimum atomic E-state index is 0.161. The van der Waals surface area contributed by atoms with Crippen molar-refractivity contribution in [1.82, 2.24) is 9.97 Å². The van der Waals surface area contributed by atoms with Gasteiger partial charge in [-0.05, 0) is 32.6 Å². The van der Waals surface area contributed by atoms with Gasteiger partial charge >= 0.3 is 0 Å². The van der Waals surface area contributed by atoms with E-state index in [1.807, 2.05) is 6.92 Å². The highest BCUT2D eigenvalue weighted by atomic mass is 14.9. The number of aromatic nitrogens is 2. The van der Waals surface area contributed by atoms with Crippen molar-refractivity contribution in [3.05, 3.63) is 22.8 Å². The van der Waals surface area contributed by atoms with Crippen molar-refractivity contribution in [2.45, 2.75) is 45.6 Å². The smallest absolute Gasteiger partial charge is 0.125 e. The Bertz CT molecular complexity index is 329. The van der Waals surface area contributed by atoms with Crippen LogP contribution in [0.4, 0.5) is 0 Å². The lowest BCUT2D eigenvalue weighted by Gasteiger charge is -2.23. The summed E-state index contributed by atoms with van der Waals surface area (Å²) in [5.41, 5.74) is 9.66. The summed E-state index contributed by atoms with van der Waals surface area (Å²) in [7, 11) is 0. The summed E-state index contributed by atoms with van der Waals surface area (Å²) in [6.45, 7) is 4.09. The lowest BCUT2D eigenvalue weighted by Crippen LogP contribution is -2.22. The summed E-state index contributed by atoms with van der Waals surface area (Å²) < 4.78 is 0. The van der Waals surface area contributed by atoms with Gasteiger partial charge in [0.2, 0.25) is 0 Å². The molecule has 0 fully saturated rings. The predicted octanol–water partition coefficient (Wildman–Crippen LogP) is 1.68. The molecule has 0 bridgehead atoms. The van der Waals surface area contributed by atoms with Crippen molar-refractivity contribution in [2.75, 3.05) is 0 Å². The molecule has 1 aliphatic rings. The Kier molecular flexibility index (Phi) is 2.50. The largest absolute Gasteiger partial charge is 0.324 e. The van der Waals surface area contributed by atoms with Crippen LogP contribution in [-0.2, 0) is 12.8 Å². The molecule has 3 heteroatoms. The standard InChI is InChI=1S/C11H17N3/c1-3-9-11-8(12)5-4-6-10(11)14-7(2)13-9/h8H,3-6,12H2,1-2H3. The molecule has 1 aliphatic carbocycles. The number of hydrogen-bond acceptors (Lipinski definition) is 3. The number of rotatable bonds is 1. The van der Waals surface area contributed by atoms with Gasteiger partial charge < -0.3 is 5.73 Å². The molecule has 1 aromatic rings. The van der Waals surface area contributed by atoms with Gasteiger partial charge in [0.15, 0.2) is 0 Å². The maximum absolute atomic E-state index is 6.09. The zero-order valence-electron chi connectivity index (χ0n) is 8.88. The third-order valence-electron chi connectivity index (χ3n) is 2.85. The van der Waals surface area contributed by atoms with E-state index in [9.17, 15) is 0 Å². The van der Waals surface area contributed by atoms with E-state index in [0.29, 0.717) is 0 Å². The molecule has 0 saturated heterocycles. The van der Waals surface area contributed by atoms with Gasteiger partial charge in [0.05, 0.1) is 0 Å². The van der Waals surface area contributed by atoms with Crippen molar-refractivity contribution in [1.29, 1.82) is 0 Å². The van der Waals surface area contributed by atoms with Crippen LogP contribution in [0.15, 0.2) is 0 Å². The van der Waals surface area contributed by atoms with Crippen LogP contribution in [0.1, 0.15) is 48.6 Å². The molecule has 0 amide bonds. The second kappa shape index (κ2) is 3.65. The van der Waals surface area contributed by atoms with Crippen LogP contribution in [0.25, 0.3) is 0 Å². The Morgan fingerprint density at radius 1 is 1.43 bits per heavy atom. The second-order valence-electron chi connectivity index (χ2n) is 3.93. The molecule has 14 heavy (non-hydrogen) atoms. The quantitative estimate of drug-likeness (QED) is 0.734. The van der Waals surface area contributed by atoms with E-state index in [-0.39, 0.29) is 6.04 Å². The molecule has 0 spiro atoms. The number of aryl methyl sites for hydroxylation is 3. The monoisotopic (exact) mass is 191 g/mol. The molecule has 1 atom stereocenters. The molecule has 0 aromatic carbocycles. The molecular weight excluding hydrogens is 174 g/mol. The maximum atomic E-state index is 6.09. The lowest BCUT2D eigenvalue weighted by molar-refractivity contribution is 0.547. The fourth-order valence-corrected chi connectivity index (χ4v) is 2.22. The van der Waals surface area contributed by atoms with E-state index in [1.165, 1.54) is 11.3 Å². The number of nitrogens with zero attached hydrogens (tertiary/aromatic N) is 2. The molecule has 1 aromatic heterocycles. The van der Waals surface area contributed by atoms with Gasteiger partial charge in [-0.1, -0.05) is 6.92 Å². The van der Waals surface area contributed by atoms with Gasteiger partial charge in [-0.25, -0.2) is 9.97 Å². The van der Waals surface area contributed by atoms with E-state index >= 15 is 0 Å². The molecule has 0 aliphatic heterocycles. The Morgan fingerprint density at radius 2 is 2.21 bits per heavy atom. The molecule has 1 heterocycles. The third kappa shape index (κ3) is 1.52. The van der Waals surface area contributed by atoms with Crippen molar-refractivity contribution < 1.29 is 0 Å². The van der Waals surface area contributed by atoms with Gasteiger partial charge in [-0.3, -0.25) is 0 Å². The fourth-order valence-electron chi connectivity index (χ4n) is 2.22. The van der Waals surface area contributed by atoms with Gasteiger partial charge in [-0.2, -0.15) is 0 Å². The molecular formula is C11H17N3. The zero-order chi connectivity index (χ0) is 10.1. The first-order valence-electron chi connectivity index (χ1n) is 5.34. The van der Waals surface area contributed by atoms with Crippen LogP contribution >= 0.6 is 0 Å². The van der Waals surface area contributed by atoms with E-state index < -0.39 is 0 Å². The third-order valence-corrected chi connectivity index (χ3v) is 2.85. The average Bonchev–Trinajstić information content (AvgIpc) is 2.16. The second-order valence-corrected chi connectivity index (χ2v) is 3.93. The molecule has 76 valence electrons. The molecule has 2 N–H and O–H groups in total. The topological polar surface area (TPSA) is 51.8 Å². The lowest BCUT2D eigenvalue weighted by atomic mass is 9.90. The highest BCUT2D eigenvalue weighted by molar-refractivity contribution is 5.31. The first-order chi connectivity index (χ1) is 6.72. The molecule has 2 rings (SSSR count). The van der Waals surface area contributed by atoms with Crippen molar-refractivity contribution in [3.63, 3.8) is 0 Å². The molecule has 0 radical (unpaired) electrons. The minimum absolute atomic E-state index is 0.161. The molecule has 0 saturated carbocycles. The number of fused-ring (bicyclic) bond motifs is 1. The van der Waals surface area contributed by atoms with Gasteiger partial charge in [0.25, 0.3) is 0 Å². The van der Waals surface area contributed by atoms with Gasteiger partial charge in [-0.15, -0.1) is 0 Å². The highest BCUT2D eigenvalue weighted by Gasteiger charge is 2.21. The first kappa shape index (κ1) is 9.59. The first-order valence-corrected chi connectivity index (χ1v) is 5.34. The Morgan fingerprint density at radius 3 is 2.93 bits per heavy atom. The van der Waals surface area contributed by atoms with Crippen LogP contribution in [0.2, 0.25) is 0 Å². The SMILES string of the molecule is CCc1nc(C)nc2c1C(N)CCC2. The number of hydrogen-bond donors (Lipinski definition) is 1. The Hall–Kier alpha value is -0.960. The van der Waals surface area contributed by atoms with Crippen LogP contribution < -0.4 is 5.73 Å². The van der Waals surface area contributed by atoms with Crippen molar-refractivity contribution in [2.24, 2.45) is 5.73 Å². The van der Waals surface area contributed by atoms with Gasteiger partial charge in [0, 0.05) is 23.0 Å². The zero-order valence-corrected chi connectivity index (χ0v) is 8.88. The summed E-state index contributed by atoms with van der Waals surface area (Å²) >= 11 is 0. The van der Waals surface area contributed by atoms with Crippen LogP contribution in [0, 0.1) is 6.92 Å². The van der Waals surface area contributed by atoms with Crippen LogP contribution in [0.3, 0.4) is 0 Å². The maximum Gasteiger partial charge on any atom is 0.125 e. The summed E-state index contributed by atoms with van der Waals surface area (Å²) in [6, 6.07) is 0.161. The number of nitrogens with two attached hydrogens (primary N) is 1. The normalized spacial score (nSPS) is 20.6. The average molecular weight is 191 g/mol. The molecule has 1 unspecified atom stereocenters. The minimum Gasteiger partial charge on any atom is -0.324 e. The van der Waals surface area contributed by atoms with Crippen molar-refractivity contribution >= 4 is 0 Å². The van der Waals surface area contributed by atoms with Crippen molar-refractivity contribution in [3.8, 4) is 0 Å². The van der Waals surface area contributed by atoms with Crippen LogP contribution in [0.5, 0.6) is 0 Å².